The zero-order chi connectivity index (χ0) is 17.9. The molecule has 0 saturated carbocycles. The second-order valence-corrected chi connectivity index (χ2v) is 7.08. The third-order valence-corrected chi connectivity index (χ3v) is 4.67. The van der Waals surface area contributed by atoms with Crippen molar-refractivity contribution >= 4 is 35.0 Å². The number of carbonyl (C=O) groups is 1. The SMILES string of the molecule is Cc1ccc(NC(=O)[C@H](C)Sc2ccc(Cl)c(C(F)(F)F)c2)cc1. The van der Waals surface area contributed by atoms with Gasteiger partial charge in [0.15, 0.2) is 0 Å². The molecule has 2 nitrogen and oxygen atoms in total. The first-order valence-electron chi connectivity index (χ1n) is 7.08. The number of benzene rings is 2. The van der Waals surface area contributed by atoms with Gasteiger partial charge in [0.05, 0.1) is 15.8 Å². The Labute approximate surface area is 147 Å². The number of nitrogens with one attached hydrogen (secondary N) is 1. The molecule has 128 valence electrons. The van der Waals surface area contributed by atoms with Gasteiger partial charge in [0.25, 0.3) is 0 Å². The Bertz CT molecular complexity index is 732. The van der Waals surface area contributed by atoms with E-state index >= 15 is 0 Å². The summed E-state index contributed by atoms with van der Waals surface area (Å²) in [5, 5.41) is 1.82. The smallest absolute Gasteiger partial charge is 0.325 e. The van der Waals surface area contributed by atoms with E-state index in [0.29, 0.717) is 10.6 Å². The van der Waals surface area contributed by atoms with Crippen LogP contribution in [0.25, 0.3) is 0 Å². The molecule has 0 bridgehead atoms. The maximum atomic E-state index is 12.9. The summed E-state index contributed by atoms with van der Waals surface area (Å²) in [6, 6.07) is 10.9. The number of halogens is 4. The Morgan fingerprint density at radius 3 is 2.38 bits per heavy atom. The van der Waals surface area contributed by atoms with E-state index in [1.54, 1.807) is 19.1 Å². The highest BCUT2D eigenvalue weighted by atomic mass is 35.5. The van der Waals surface area contributed by atoms with E-state index in [2.05, 4.69) is 5.32 Å². The maximum Gasteiger partial charge on any atom is 0.417 e. The summed E-state index contributed by atoms with van der Waals surface area (Å²) in [6.45, 7) is 3.57. The number of rotatable bonds is 4. The van der Waals surface area contributed by atoms with Crippen LogP contribution in [0, 0.1) is 6.92 Å². The normalized spacial score (nSPS) is 12.8. The van der Waals surface area contributed by atoms with Gasteiger partial charge in [0.2, 0.25) is 5.91 Å². The van der Waals surface area contributed by atoms with Gasteiger partial charge in [-0.2, -0.15) is 13.2 Å². The molecule has 0 aliphatic heterocycles. The Morgan fingerprint density at radius 1 is 1.17 bits per heavy atom. The van der Waals surface area contributed by atoms with Gasteiger partial charge in [-0.05, 0) is 44.2 Å². The lowest BCUT2D eigenvalue weighted by Gasteiger charge is -2.14. The highest BCUT2D eigenvalue weighted by Crippen LogP contribution is 2.37. The molecule has 0 aliphatic carbocycles. The predicted octanol–water partition coefficient (Wildman–Crippen LogP) is 5.79. The maximum absolute atomic E-state index is 12.9. The minimum absolute atomic E-state index is 0.285. The zero-order valence-corrected chi connectivity index (χ0v) is 14.5. The van der Waals surface area contributed by atoms with Gasteiger partial charge in [-0.3, -0.25) is 4.79 Å². The molecule has 7 heteroatoms. The van der Waals surface area contributed by atoms with Gasteiger partial charge in [-0.25, -0.2) is 0 Å². The molecular formula is C17H15ClF3NOS. The van der Waals surface area contributed by atoms with Crippen LogP contribution < -0.4 is 5.32 Å². The van der Waals surface area contributed by atoms with E-state index in [9.17, 15) is 18.0 Å². The van der Waals surface area contributed by atoms with Crippen molar-refractivity contribution in [3.05, 3.63) is 58.6 Å². The fraction of sp³-hybridized carbons (Fsp3) is 0.235. The first-order valence-corrected chi connectivity index (χ1v) is 8.33. The third kappa shape index (κ3) is 4.92. The number of thioether (sulfide) groups is 1. The lowest BCUT2D eigenvalue weighted by molar-refractivity contribution is -0.137. The van der Waals surface area contributed by atoms with E-state index in [1.807, 2.05) is 19.1 Å². The van der Waals surface area contributed by atoms with Gasteiger partial charge >= 0.3 is 6.18 Å². The van der Waals surface area contributed by atoms with E-state index in [0.717, 1.165) is 23.4 Å². The Hall–Kier alpha value is -1.66. The lowest BCUT2D eigenvalue weighted by atomic mass is 10.2. The molecule has 1 N–H and O–H groups in total. The van der Waals surface area contributed by atoms with Crippen molar-refractivity contribution in [1.82, 2.24) is 0 Å². The number of carbonyl (C=O) groups excluding carboxylic acids is 1. The van der Waals surface area contributed by atoms with Crippen LogP contribution >= 0.6 is 23.4 Å². The van der Waals surface area contributed by atoms with Gasteiger partial charge < -0.3 is 5.32 Å². The molecule has 0 spiro atoms. The van der Waals surface area contributed by atoms with Crippen LogP contribution in [0.4, 0.5) is 18.9 Å². The number of amides is 1. The summed E-state index contributed by atoms with van der Waals surface area (Å²) in [6.07, 6.45) is -4.53. The number of hydrogen-bond donors (Lipinski definition) is 1. The van der Waals surface area contributed by atoms with Crippen LogP contribution in [0.1, 0.15) is 18.1 Å². The summed E-state index contributed by atoms with van der Waals surface area (Å²) in [4.78, 5) is 12.5. The molecule has 0 radical (unpaired) electrons. The molecule has 2 rings (SSSR count). The molecule has 0 aromatic heterocycles. The largest absolute Gasteiger partial charge is 0.417 e. The van der Waals surface area contributed by atoms with Gasteiger partial charge in [-0.15, -0.1) is 11.8 Å². The topological polar surface area (TPSA) is 29.1 Å². The van der Waals surface area contributed by atoms with E-state index < -0.39 is 17.0 Å². The van der Waals surface area contributed by atoms with E-state index in [1.165, 1.54) is 12.1 Å². The molecule has 0 aliphatic rings. The van der Waals surface area contributed by atoms with E-state index in [-0.39, 0.29) is 10.9 Å². The summed E-state index contributed by atoms with van der Waals surface area (Å²) < 4.78 is 38.6. The first-order chi connectivity index (χ1) is 11.2. The molecule has 2 aromatic rings. The van der Waals surface area contributed by atoms with Gasteiger partial charge in [0.1, 0.15) is 0 Å². The van der Waals surface area contributed by atoms with Crippen LogP contribution in [0.2, 0.25) is 5.02 Å². The van der Waals surface area contributed by atoms with Crippen LogP contribution in [-0.2, 0) is 11.0 Å². The highest BCUT2D eigenvalue weighted by molar-refractivity contribution is 8.00. The molecule has 0 heterocycles. The van der Waals surface area contributed by atoms with E-state index in [4.69, 9.17) is 11.6 Å². The summed E-state index contributed by atoms with van der Waals surface area (Å²) in [7, 11) is 0. The average Bonchev–Trinajstić information content (AvgIpc) is 2.50. The summed E-state index contributed by atoms with van der Waals surface area (Å²) in [5.41, 5.74) is 0.807. The van der Waals surface area contributed by atoms with Crippen molar-refractivity contribution in [3.63, 3.8) is 0 Å². The monoisotopic (exact) mass is 373 g/mol. The third-order valence-electron chi connectivity index (χ3n) is 3.24. The van der Waals surface area contributed by atoms with Crippen LogP contribution in [-0.4, -0.2) is 11.2 Å². The molecular weight excluding hydrogens is 359 g/mol. The second-order valence-electron chi connectivity index (χ2n) is 5.25. The molecule has 1 atom stereocenters. The Morgan fingerprint density at radius 2 is 1.79 bits per heavy atom. The first kappa shape index (κ1) is 18.7. The van der Waals surface area contributed by atoms with Gasteiger partial charge in [-0.1, -0.05) is 29.3 Å². The van der Waals surface area contributed by atoms with Crippen molar-refractivity contribution in [3.8, 4) is 0 Å². The van der Waals surface area contributed by atoms with Crippen molar-refractivity contribution in [2.75, 3.05) is 5.32 Å². The lowest BCUT2D eigenvalue weighted by Crippen LogP contribution is -2.22. The number of alkyl halides is 3. The van der Waals surface area contributed by atoms with Crippen molar-refractivity contribution in [2.24, 2.45) is 0 Å². The molecule has 2 aromatic carbocycles. The fourth-order valence-electron chi connectivity index (χ4n) is 1.93. The Balaban J connectivity index is 2.07. The van der Waals surface area contributed by atoms with Gasteiger partial charge in [0, 0.05) is 10.6 Å². The highest BCUT2D eigenvalue weighted by Gasteiger charge is 2.33. The summed E-state index contributed by atoms with van der Waals surface area (Å²) in [5.74, 6) is -0.285. The fourth-order valence-corrected chi connectivity index (χ4v) is 3.06. The number of anilines is 1. The summed E-state index contributed by atoms with van der Waals surface area (Å²) >= 11 is 6.63. The minimum Gasteiger partial charge on any atom is -0.325 e. The average molecular weight is 374 g/mol. The second kappa shape index (κ2) is 7.49. The Kier molecular flexibility index (Phi) is 5.83. The van der Waals surface area contributed by atoms with Crippen molar-refractivity contribution in [1.29, 1.82) is 0 Å². The molecule has 0 saturated heterocycles. The van der Waals surface area contributed by atoms with Crippen molar-refractivity contribution < 1.29 is 18.0 Å². The zero-order valence-electron chi connectivity index (χ0n) is 12.9. The molecule has 24 heavy (non-hydrogen) atoms. The standard InChI is InChI=1S/C17H15ClF3NOS/c1-10-3-5-12(6-4-10)22-16(23)11(2)24-13-7-8-15(18)14(9-13)17(19,20)21/h3-9,11H,1-2H3,(H,22,23)/t11-/m0/s1. The molecule has 0 fully saturated rings. The molecule has 0 unspecified atom stereocenters. The predicted molar refractivity (Wildman–Crippen MR) is 91.6 cm³/mol. The van der Waals surface area contributed by atoms with Crippen molar-refractivity contribution in [2.45, 2.75) is 30.2 Å². The number of aryl methyl sites for hydroxylation is 1. The van der Waals surface area contributed by atoms with Crippen LogP contribution in [0.15, 0.2) is 47.4 Å². The quantitative estimate of drug-likeness (QED) is 0.687. The minimum atomic E-state index is -4.53. The molecule has 1 amide bonds. The van der Waals surface area contributed by atoms with Crippen LogP contribution in [0.5, 0.6) is 0 Å². The number of hydrogen-bond acceptors (Lipinski definition) is 2. The van der Waals surface area contributed by atoms with Crippen LogP contribution in [0.3, 0.4) is 0 Å².